The van der Waals surface area contributed by atoms with Crippen LogP contribution in [0.3, 0.4) is 0 Å². The highest BCUT2D eigenvalue weighted by Gasteiger charge is 2.32. The largest absolute Gasteiger partial charge is 0.462 e. The molecular formula is C12H14O2. The van der Waals surface area contributed by atoms with Gasteiger partial charge in [0.15, 0.2) is 0 Å². The lowest BCUT2D eigenvalue weighted by molar-refractivity contribution is -0.140. The Morgan fingerprint density at radius 1 is 1.29 bits per heavy atom. The predicted octanol–water partition coefficient (Wildman–Crippen LogP) is 2.41. The van der Waals surface area contributed by atoms with Crippen molar-refractivity contribution in [1.82, 2.24) is 0 Å². The zero-order chi connectivity index (χ0) is 10.1. The molecule has 0 aromatic heterocycles. The number of cyclic esters (lactones) is 1. The molecule has 2 heteroatoms. The first-order valence-electron chi connectivity index (χ1n) is 4.93. The molecule has 1 saturated heterocycles. The summed E-state index contributed by atoms with van der Waals surface area (Å²) >= 11 is 0. The molecule has 1 aromatic carbocycles. The molecule has 74 valence electrons. The lowest BCUT2D eigenvalue weighted by atomic mass is 9.93. The lowest BCUT2D eigenvalue weighted by Gasteiger charge is -2.12. The van der Waals surface area contributed by atoms with Crippen molar-refractivity contribution in [3.63, 3.8) is 0 Å². The second kappa shape index (κ2) is 3.45. The minimum Gasteiger partial charge on any atom is -0.462 e. The Morgan fingerprint density at radius 2 is 1.93 bits per heavy atom. The normalized spacial score (nSPS) is 26.3. The molecule has 1 aromatic rings. The topological polar surface area (TPSA) is 26.3 Å². The van der Waals surface area contributed by atoms with Crippen molar-refractivity contribution in [1.29, 1.82) is 0 Å². The number of aryl methyl sites for hydroxylation is 1. The molecule has 1 aliphatic heterocycles. The van der Waals surface area contributed by atoms with Crippen LogP contribution < -0.4 is 0 Å². The third-order valence-electron chi connectivity index (χ3n) is 2.78. The fourth-order valence-electron chi connectivity index (χ4n) is 1.89. The van der Waals surface area contributed by atoms with Gasteiger partial charge in [-0.05, 0) is 19.4 Å². The van der Waals surface area contributed by atoms with Crippen LogP contribution in [-0.4, -0.2) is 12.1 Å². The van der Waals surface area contributed by atoms with Gasteiger partial charge in [0.1, 0.15) is 6.10 Å². The summed E-state index contributed by atoms with van der Waals surface area (Å²) in [5.74, 6) is 0.158. The van der Waals surface area contributed by atoms with Gasteiger partial charge in [-0.3, -0.25) is 4.79 Å². The molecule has 0 spiro atoms. The highest BCUT2D eigenvalue weighted by molar-refractivity contribution is 5.73. The maximum atomic E-state index is 11.1. The Morgan fingerprint density at radius 3 is 2.43 bits per heavy atom. The summed E-state index contributed by atoms with van der Waals surface area (Å²) in [5, 5.41) is 0. The van der Waals surface area contributed by atoms with E-state index in [2.05, 4.69) is 31.2 Å². The van der Waals surface area contributed by atoms with Crippen molar-refractivity contribution in [3.8, 4) is 0 Å². The zero-order valence-corrected chi connectivity index (χ0v) is 8.49. The Hall–Kier alpha value is -1.31. The monoisotopic (exact) mass is 190 g/mol. The summed E-state index contributed by atoms with van der Waals surface area (Å²) in [5.41, 5.74) is 2.44. The van der Waals surface area contributed by atoms with Crippen LogP contribution in [0.5, 0.6) is 0 Å². The summed E-state index contributed by atoms with van der Waals surface area (Å²) in [6.07, 6.45) is 0.537. The summed E-state index contributed by atoms with van der Waals surface area (Å²) in [6, 6.07) is 8.31. The van der Waals surface area contributed by atoms with Gasteiger partial charge in [-0.2, -0.15) is 0 Å². The van der Waals surface area contributed by atoms with Gasteiger partial charge < -0.3 is 4.74 Å². The van der Waals surface area contributed by atoms with E-state index in [0.717, 1.165) is 0 Å². The first kappa shape index (κ1) is 9.25. The van der Waals surface area contributed by atoms with Crippen molar-refractivity contribution in [2.45, 2.75) is 32.3 Å². The molecule has 1 aliphatic rings. The van der Waals surface area contributed by atoms with Gasteiger partial charge >= 0.3 is 5.97 Å². The van der Waals surface area contributed by atoms with Gasteiger partial charge in [-0.25, -0.2) is 0 Å². The number of hydrogen-bond donors (Lipinski definition) is 0. The van der Waals surface area contributed by atoms with Crippen molar-refractivity contribution >= 4 is 5.97 Å². The van der Waals surface area contributed by atoms with E-state index in [4.69, 9.17) is 4.74 Å². The van der Waals surface area contributed by atoms with Crippen LogP contribution in [0.2, 0.25) is 0 Å². The second-order valence-corrected chi connectivity index (χ2v) is 3.92. The first-order valence-corrected chi connectivity index (χ1v) is 4.93. The molecule has 0 amide bonds. The summed E-state index contributed by atoms with van der Waals surface area (Å²) < 4.78 is 5.12. The molecule has 2 rings (SSSR count). The quantitative estimate of drug-likeness (QED) is 0.636. The third kappa shape index (κ3) is 1.65. The Kier molecular flexibility index (Phi) is 2.28. The van der Waals surface area contributed by atoms with Crippen molar-refractivity contribution < 1.29 is 9.53 Å². The van der Waals surface area contributed by atoms with Crippen LogP contribution in [0.25, 0.3) is 0 Å². The van der Waals surface area contributed by atoms with Crippen LogP contribution in [-0.2, 0) is 9.53 Å². The molecule has 0 aliphatic carbocycles. The number of benzene rings is 1. The second-order valence-electron chi connectivity index (χ2n) is 3.92. The number of esters is 1. The molecule has 0 bridgehead atoms. The molecule has 14 heavy (non-hydrogen) atoms. The zero-order valence-electron chi connectivity index (χ0n) is 8.49. The fraction of sp³-hybridized carbons (Fsp3) is 0.417. The lowest BCUT2D eigenvalue weighted by Crippen LogP contribution is -2.09. The van der Waals surface area contributed by atoms with Crippen molar-refractivity contribution in [2.75, 3.05) is 0 Å². The average molecular weight is 190 g/mol. The van der Waals surface area contributed by atoms with E-state index in [9.17, 15) is 4.79 Å². The molecule has 1 fully saturated rings. The van der Waals surface area contributed by atoms with Crippen LogP contribution in [0, 0.1) is 6.92 Å². The molecule has 0 saturated carbocycles. The van der Waals surface area contributed by atoms with E-state index in [1.54, 1.807) is 0 Å². The molecule has 0 radical (unpaired) electrons. The Balaban J connectivity index is 2.23. The van der Waals surface area contributed by atoms with Crippen LogP contribution in [0.4, 0.5) is 0 Å². The van der Waals surface area contributed by atoms with Gasteiger partial charge in [0.25, 0.3) is 0 Å². The minimum absolute atomic E-state index is 0.0187. The van der Waals surface area contributed by atoms with Gasteiger partial charge in [-0.15, -0.1) is 0 Å². The average Bonchev–Trinajstić information content (AvgIpc) is 2.47. The van der Waals surface area contributed by atoms with Gasteiger partial charge in [-0.1, -0.05) is 29.8 Å². The molecule has 0 unspecified atom stereocenters. The summed E-state index contributed by atoms with van der Waals surface area (Å²) in [6.45, 7) is 4.01. The van der Waals surface area contributed by atoms with E-state index in [1.807, 2.05) is 6.92 Å². The fourth-order valence-corrected chi connectivity index (χ4v) is 1.89. The van der Waals surface area contributed by atoms with Crippen LogP contribution in [0.15, 0.2) is 24.3 Å². The smallest absolute Gasteiger partial charge is 0.306 e. The van der Waals surface area contributed by atoms with Gasteiger partial charge in [0.2, 0.25) is 0 Å². The predicted molar refractivity (Wildman–Crippen MR) is 54.1 cm³/mol. The standard InChI is InChI=1S/C12H14O2/c1-8-3-5-10(6-4-8)11-7-12(13)14-9(11)2/h3-6,9,11H,7H2,1-2H3/t9-,11+/m0/s1. The maximum absolute atomic E-state index is 11.1. The van der Waals surface area contributed by atoms with Crippen LogP contribution >= 0.6 is 0 Å². The summed E-state index contributed by atoms with van der Waals surface area (Å²) in [4.78, 5) is 11.1. The van der Waals surface area contributed by atoms with Gasteiger partial charge in [0.05, 0.1) is 6.42 Å². The number of hydrogen-bond acceptors (Lipinski definition) is 2. The van der Waals surface area contributed by atoms with Crippen LogP contribution in [0.1, 0.15) is 30.4 Å². The number of carbonyl (C=O) groups is 1. The van der Waals surface area contributed by atoms with Gasteiger partial charge in [0, 0.05) is 5.92 Å². The molecule has 2 nitrogen and oxygen atoms in total. The molecule has 1 heterocycles. The van der Waals surface area contributed by atoms with E-state index in [0.29, 0.717) is 6.42 Å². The van der Waals surface area contributed by atoms with Crippen molar-refractivity contribution in [2.24, 2.45) is 0 Å². The summed E-state index contributed by atoms with van der Waals surface area (Å²) in [7, 11) is 0. The highest BCUT2D eigenvalue weighted by atomic mass is 16.5. The Labute approximate surface area is 83.9 Å². The van der Waals surface area contributed by atoms with E-state index >= 15 is 0 Å². The van der Waals surface area contributed by atoms with Crippen molar-refractivity contribution in [3.05, 3.63) is 35.4 Å². The van der Waals surface area contributed by atoms with E-state index in [-0.39, 0.29) is 18.0 Å². The SMILES string of the molecule is Cc1ccc([C@@H]2CC(=O)O[C@H]2C)cc1. The number of carbonyl (C=O) groups excluding carboxylic acids is 1. The third-order valence-corrected chi connectivity index (χ3v) is 2.78. The molecular weight excluding hydrogens is 176 g/mol. The first-order chi connectivity index (χ1) is 6.66. The highest BCUT2D eigenvalue weighted by Crippen LogP contribution is 2.31. The van der Waals surface area contributed by atoms with E-state index < -0.39 is 0 Å². The Bertz CT molecular complexity index is 340. The molecule has 2 atom stereocenters. The molecule has 0 N–H and O–H groups in total. The number of rotatable bonds is 1. The maximum Gasteiger partial charge on any atom is 0.306 e. The van der Waals surface area contributed by atoms with E-state index in [1.165, 1.54) is 11.1 Å². The number of ether oxygens (including phenoxy) is 1. The minimum atomic E-state index is -0.0805.